The second-order valence-electron chi connectivity index (χ2n) is 4.85. The van der Waals surface area contributed by atoms with Crippen molar-refractivity contribution in [3.8, 4) is 5.75 Å². The standard InChI is InChI=1S/C17H17Cl2NO3/c1-22-9-8-12-2-5-14(6-3-12)23-11-17(21)20-13-4-7-15(18)16(19)10-13/h2-7,10H,8-9,11H2,1H3,(H,20,21). The van der Waals surface area contributed by atoms with Gasteiger partial charge in [-0.05, 0) is 42.3 Å². The zero-order valence-electron chi connectivity index (χ0n) is 12.6. The van der Waals surface area contributed by atoms with E-state index in [1.54, 1.807) is 25.3 Å². The summed E-state index contributed by atoms with van der Waals surface area (Å²) in [5.41, 5.74) is 1.72. The Balaban J connectivity index is 1.82. The average molecular weight is 354 g/mol. The molecule has 0 atom stereocenters. The Morgan fingerprint density at radius 3 is 2.48 bits per heavy atom. The Labute approximate surface area is 145 Å². The molecule has 0 aliphatic rings. The maximum absolute atomic E-state index is 11.9. The number of anilines is 1. The molecular formula is C17H17Cl2NO3. The second kappa shape index (κ2) is 8.77. The fraction of sp³-hybridized carbons (Fsp3) is 0.235. The van der Waals surface area contributed by atoms with E-state index in [0.717, 1.165) is 12.0 Å². The summed E-state index contributed by atoms with van der Waals surface area (Å²) < 4.78 is 10.5. The maximum atomic E-state index is 11.9. The third kappa shape index (κ3) is 5.75. The van der Waals surface area contributed by atoms with Crippen LogP contribution in [0, 0.1) is 0 Å². The van der Waals surface area contributed by atoms with Crippen molar-refractivity contribution < 1.29 is 14.3 Å². The quantitative estimate of drug-likeness (QED) is 0.811. The van der Waals surface area contributed by atoms with Crippen LogP contribution in [0.1, 0.15) is 5.56 Å². The molecule has 4 nitrogen and oxygen atoms in total. The van der Waals surface area contributed by atoms with E-state index >= 15 is 0 Å². The summed E-state index contributed by atoms with van der Waals surface area (Å²) in [6.07, 6.45) is 0.842. The molecule has 122 valence electrons. The van der Waals surface area contributed by atoms with Crippen LogP contribution in [0.2, 0.25) is 10.0 Å². The first kappa shape index (κ1) is 17.6. The normalized spacial score (nSPS) is 10.4. The van der Waals surface area contributed by atoms with Crippen molar-refractivity contribution in [2.75, 3.05) is 25.6 Å². The van der Waals surface area contributed by atoms with Crippen molar-refractivity contribution in [3.05, 3.63) is 58.1 Å². The average Bonchev–Trinajstić information content (AvgIpc) is 2.55. The van der Waals surface area contributed by atoms with Crippen molar-refractivity contribution in [2.45, 2.75) is 6.42 Å². The number of ether oxygens (including phenoxy) is 2. The number of methoxy groups -OCH3 is 1. The summed E-state index contributed by atoms with van der Waals surface area (Å²) in [6, 6.07) is 12.5. The summed E-state index contributed by atoms with van der Waals surface area (Å²) in [5.74, 6) is 0.363. The first-order valence-corrected chi connectivity index (χ1v) is 7.79. The molecule has 2 rings (SSSR count). The first-order valence-electron chi connectivity index (χ1n) is 7.04. The topological polar surface area (TPSA) is 47.6 Å². The van der Waals surface area contributed by atoms with Gasteiger partial charge in [0.25, 0.3) is 5.91 Å². The lowest BCUT2D eigenvalue weighted by atomic mass is 10.1. The van der Waals surface area contributed by atoms with Crippen LogP contribution in [-0.2, 0) is 16.0 Å². The third-order valence-electron chi connectivity index (χ3n) is 3.09. The molecule has 0 bridgehead atoms. The minimum atomic E-state index is -0.271. The molecule has 2 aromatic carbocycles. The number of benzene rings is 2. The van der Waals surface area contributed by atoms with Crippen LogP contribution in [0.25, 0.3) is 0 Å². The highest BCUT2D eigenvalue weighted by atomic mass is 35.5. The van der Waals surface area contributed by atoms with Gasteiger partial charge >= 0.3 is 0 Å². The van der Waals surface area contributed by atoms with Gasteiger partial charge in [-0.1, -0.05) is 35.3 Å². The van der Waals surface area contributed by atoms with E-state index < -0.39 is 0 Å². The first-order chi connectivity index (χ1) is 11.1. The summed E-state index contributed by atoms with van der Waals surface area (Å²) in [4.78, 5) is 11.9. The minimum Gasteiger partial charge on any atom is -0.484 e. The fourth-order valence-corrected chi connectivity index (χ4v) is 2.19. The number of carbonyl (C=O) groups excluding carboxylic acids is 1. The molecule has 0 aliphatic carbocycles. The van der Waals surface area contributed by atoms with Crippen molar-refractivity contribution >= 4 is 34.8 Å². The van der Waals surface area contributed by atoms with Crippen molar-refractivity contribution in [2.24, 2.45) is 0 Å². The Morgan fingerprint density at radius 2 is 1.83 bits per heavy atom. The van der Waals surface area contributed by atoms with Crippen molar-refractivity contribution in [3.63, 3.8) is 0 Å². The molecule has 0 radical (unpaired) electrons. The van der Waals surface area contributed by atoms with E-state index in [4.69, 9.17) is 32.7 Å². The second-order valence-corrected chi connectivity index (χ2v) is 5.67. The van der Waals surface area contributed by atoms with Crippen LogP contribution in [0.4, 0.5) is 5.69 Å². The van der Waals surface area contributed by atoms with Crippen LogP contribution in [0.15, 0.2) is 42.5 Å². The molecular weight excluding hydrogens is 337 g/mol. The van der Waals surface area contributed by atoms with Crippen LogP contribution in [0.5, 0.6) is 5.75 Å². The van der Waals surface area contributed by atoms with Gasteiger partial charge in [-0.2, -0.15) is 0 Å². The zero-order chi connectivity index (χ0) is 16.7. The van der Waals surface area contributed by atoms with E-state index in [1.165, 1.54) is 0 Å². The third-order valence-corrected chi connectivity index (χ3v) is 3.83. The van der Waals surface area contributed by atoms with Crippen LogP contribution in [-0.4, -0.2) is 26.2 Å². The maximum Gasteiger partial charge on any atom is 0.262 e. The van der Waals surface area contributed by atoms with E-state index in [1.807, 2.05) is 24.3 Å². The number of nitrogens with one attached hydrogen (secondary N) is 1. The van der Waals surface area contributed by atoms with Gasteiger partial charge in [0.05, 0.1) is 16.7 Å². The summed E-state index contributed by atoms with van der Waals surface area (Å²) >= 11 is 11.7. The fourth-order valence-electron chi connectivity index (χ4n) is 1.89. The zero-order valence-corrected chi connectivity index (χ0v) is 14.2. The predicted octanol–water partition coefficient (Wildman–Crippen LogP) is 4.20. The van der Waals surface area contributed by atoms with E-state index in [-0.39, 0.29) is 12.5 Å². The molecule has 0 aliphatic heterocycles. The van der Waals surface area contributed by atoms with Gasteiger partial charge in [0.1, 0.15) is 5.75 Å². The molecule has 0 unspecified atom stereocenters. The van der Waals surface area contributed by atoms with Crippen LogP contribution >= 0.6 is 23.2 Å². The van der Waals surface area contributed by atoms with E-state index in [9.17, 15) is 4.79 Å². The molecule has 1 amide bonds. The molecule has 6 heteroatoms. The molecule has 0 heterocycles. The molecule has 0 aromatic heterocycles. The highest BCUT2D eigenvalue weighted by molar-refractivity contribution is 6.42. The van der Waals surface area contributed by atoms with Gasteiger partial charge in [-0.15, -0.1) is 0 Å². The lowest BCUT2D eigenvalue weighted by Gasteiger charge is -2.09. The summed E-state index contributed by atoms with van der Waals surface area (Å²) in [7, 11) is 1.67. The highest BCUT2D eigenvalue weighted by Gasteiger charge is 2.06. The number of hydrogen-bond donors (Lipinski definition) is 1. The van der Waals surface area contributed by atoms with Crippen molar-refractivity contribution in [1.29, 1.82) is 0 Å². The van der Waals surface area contributed by atoms with Gasteiger partial charge in [0.15, 0.2) is 6.61 Å². The van der Waals surface area contributed by atoms with Gasteiger partial charge in [0.2, 0.25) is 0 Å². The highest BCUT2D eigenvalue weighted by Crippen LogP contribution is 2.25. The Morgan fingerprint density at radius 1 is 1.09 bits per heavy atom. The SMILES string of the molecule is COCCc1ccc(OCC(=O)Nc2ccc(Cl)c(Cl)c2)cc1. The number of rotatable bonds is 7. The minimum absolute atomic E-state index is 0.0857. The van der Waals surface area contributed by atoms with Gasteiger partial charge in [-0.25, -0.2) is 0 Å². The van der Waals surface area contributed by atoms with E-state index in [0.29, 0.717) is 28.1 Å². The largest absolute Gasteiger partial charge is 0.484 e. The lowest BCUT2D eigenvalue weighted by molar-refractivity contribution is -0.118. The van der Waals surface area contributed by atoms with Crippen LogP contribution in [0.3, 0.4) is 0 Å². The molecule has 0 fully saturated rings. The summed E-state index contributed by atoms with van der Waals surface area (Å²) in [5, 5.41) is 3.52. The number of halogens is 2. The molecule has 0 spiro atoms. The molecule has 23 heavy (non-hydrogen) atoms. The number of carbonyl (C=O) groups is 1. The Kier molecular flexibility index (Phi) is 6.71. The number of hydrogen-bond acceptors (Lipinski definition) is 3. The molecule has 0 saturated heterocycles. The Hall–Kier alpha value is -1.75. The smallest absolute Gasteiger partial charge is 0.262 e. The molecule has 0 saturated carbocycles. The Bertz CT molecular complexity index is 659. The van der Waals surface area contributed by atoms with Gasteiger partial charge < -0.3 is 14.8 Å². The lowest BCUT2D eigenvalue weighted by Crippen LogP contribution is -2.20. The number of amides is 1. The monoisotopic (exact) mass is 353 g/mol. The predicted molar refractivity (Wildman–Crippen MR) is 92.6 cm³/mol. The van der Waals surface area contributed by atoms with Crippen molar-refractivity contribution in [1.82, 2.24) is 0 Å². The van der Waals surface area contributed by atoms with Gasteiger partial charge in [-0.3, -0.25) is 4.79 Å². The summed E-state index contributed by atoms with van der Waals surface area (Å²) in [6.45, 7) is 0.587. The van der Waals surface area contributed by atoms with E-state index in [2.05, 4.69) is 5.32 Å². The molecule has 1 N–H and O–H groups in total. The van der Waals surface area contributed by atoms with Gasteiger partial charge in [0, 0.05) is 12.8 Å². The van der Waals surface area contributed by atoms with Crippen LogP contribution < -0.4 is 10.1 Å². The molecule has 2 aromatic rings.